The van der Waals surface area contributed by atoms with E-state index in [4.69, 9.17) is 5.73 Å². The highest BCUT2D eigenvalue weighted by Gasteiger charge is 2.25. The van der Waals surface area contributed by atoms with Crippen molar-refractivity contribution in [2.45, 2.75) is 39.7 Å². The average molecular weight is 186 g/mol. The maximum Gasteiger partial charge on any atom is 0.225 e. The Morgan fingerprint density at radius 3 is 2.23 bits per heavy atom. The zero-order valence-corrected chi connectivity index (χ0v) is 9.42. The lowest BCUT2D eigenvalue weighted by molar-refractivity contribution is -0.138. The van der Waals surface area contributed by atoms with E-state index in [2.05, 4.69) is 0 Å². The molecule has 78 valence electrons. The van der Waals surface area contributed by atoms with Gasteiger partial charge in [0, 0.05) is 18.5 Å². The van der Waals surface area contributed by atoms with Crippen molar-refractivity contribution in [3.8, 4) is 0 Å². The number of carbonyl (C=O) groups is 1. The molecule has 0 bridgehead atoms. The normalized spacial score (nSPS) is 14.0. The Labute approximate surface area is 81.3 Å². The molecule has 0 rings (SSSR count). The van der Waals surface area contributed by atoms with E-state index < -0.39 is 0 Å². The van der Waals surface area contributed by atoms with Crippen LogP contribution in [0.15, 0.2) is 0 Å². The van der Waals surface area contributed by atoms with Crippen molar-refractivity contribution in [2.75, 3.05) is 13.6 Å². The highest BCUT2D eigenvalue weighted by Crippen LogP contribution is 2.15. The summed E-state index contributed by atoms with van der Waals surface area (Å²) in [5.74, 6) is 0.215. The van der Waals surface area contributed by atoms with Gasteiger partial charge in [-0.2, -0.15) is 0 Å². The Kier molecular flexibility index (Phi) is 4.40. The largest absolute Gasteiger partial charge is 0.341 e. The van der Waals surface area contributed by atoms with Crippen LogP contribution in [0.5, 0.6) is 0 Å². The summed E-state index contributed by atoms with van der Waals surface area (Å²) in [6.45, 7) is 8.59. The molecule has 0 aromatic heterocycles. The minimum absolute atomic E-state index is 0.0363. The van der Waals surface area contributed by atoms with Gasteiger partial charge in [-0.05, 0) is 33.7 Å². The quantitative estimate of drug-likeness (QED) is 0.720. The summed E-state index contributed by atoms with van der Waals surface area (Å²) < 4.78 is 0. The van der Waals surface area contributed by atoms with E-state index >= 15 is 0 Å². The van der Waals surface area contributed by atoms with E-state index in [-0.39, 0.29) is 17.4 Å². The second-order valence-electron chi connectivity index (χ2n) is 4.55. The van der Waals surface area contributed by atoms with Crippen LogP contribution in [-0.2, 0) is 4.79 Å². The lowest BCUT2D eigenvalue weighted by Crippen LogP contribution is -2.45. The third kappa shape index (κ3) is 3.77. The predicted molar refractivity (Wildman–Crippen MR) is 55.4 cm³/mol. The fourth-order valence-electron chi connectivity index (χ4n) is 1.03. The summed E-state index contributed by atoms with van der Waals surface area (Å²) in [6.07, 6.45) is 0.763. The monoisotopic (exact) mass is 186 g/mol. The lowest BCUT2D eigenvalue weighted by atomic mass is 10.0. The van der Waals surface area contributed by atoms with Gasteiger partial charge in [0.05, 0.1) is 0 Å². The van der Waals surface area contributed by atoms with Gasteiger partial charge in [0.25, 0.3) is 0 Å². The van der Waals surface area contributed by atoms with Crippen LogP contribution < -0.4 is 5.73 Å². The van der Waals surface area contributed by atoms with Crippen LogP contribution in [0.25, 0.3) is 0 Å². The number of amides is 1. The van der Waals surface area contributed by atoms with Crippen molar-refractivity contribution in [3.63, 3.8) is 0 Å². The van der Waals surface area contributed by atoms with Gasteiger partial charge in [-0.15, -0.1) is 0 Å². The summed E-state index contributed by atoms with van der Waals surface area (Å²) in [7, 11) is 1.84. The number of carbonyl (C=O) groups excluding carboxylic acids is 1. The molecule has 0 heterocycles. The van der Waals surface area contributed by atoms with Gasteiger partial charge in [0.2, 0.25) is 5.91 Å². The molecular formula is C10H22N2O. The van der Waals surface area contributed by atoms with Gasteiger partial charge in [-0.25, -0.2) is 0 Å². The fraction of sp³-hybridized carbons (Fsp3) is 0.900. The third-order valence-electron chi connectivity index (χ3n) is 2.36. The van der Waals surface area contributed by atoms with Crippen LogP contribution in [0.3, 0.4) is 0 Å². The number of hydrogen-bond donors (Lipinski definition) is 1. The summed E-state index contributed by atoms with van der Waals surface area (Å²) in [6, 6.07) is 0. The molecule has 0 aromatic rings. The molecule has 0 saturated heterocycles. The first kappa shape index (κ1) is 12.4. The molecule has 0 radical (unpaired) electrons. The molecule has 0 fully saturated rings. The van der Waals surface area contributed by atoms with Crippen LogP contribution in [0.4, 0.5) is 0 Å². The second kappa shape index (κ2) is 4.61. The fourth-order valence-corrected chi connectivity index (χ4v) is 1.03. The molecule has 1 amide bonds. The molecule has 0 aromatic carbocycles. The third-order valence-corrected chi connectivity index (χ3v) is 2.36. The second-order valence-corrected chi connectivity index (χ2v) is 4.55. The lowest BCUT2D eigenvalue weighted by Gasteiger charge is -2.34. The molecule has 0 aliphatic rings. The van der Waals surface area contributed by atoms with Crippen LogP contribution in [-0.4, -0.2) is 29.9 Å². The predicted octanol–water partition coefficient (Wildman–Crippen LogP) is 1.23. The van der Waals surface area contributed by atoms with Crippen molar-refractivity contribution < 1.29 is 4.79 Å². The number of nitrogens with zero attached hydrogens (tertiary/aromatic N) is 1. The molecule has 0 saturated carbocycles. The summed E-state index contributed by atoms with van der Waals surface area (Å²) >= 11 is 0. The van der Waals surface area contributed by atoms with Gasteiger partial charge < -0.3 is 10.6 Å². The summed E-state index contributed by atoms with van der Waals surface area (Å²) in [4.78, 5) is 13.5. The van der Waals surface area contributed by atoms with Crippen molar-refractivity contribution in [3.05, 3.63) is 0 Å². The SMILES string of the molecule is CC(CCN)C(=O)N(C)C(C)(C)C. The molecule has 1 unspecified atom stereocenters. The van der Waals surface area contributed by atoms with Gasteiger partial charge >= 0.3 is 0 Å². The first-order valence-corrected chi connectivity index (χ1v) is 4.78. The Bertz CT molecular complexity index is 172. The molecule has 0 aliphatic heterocycles. The summed E-state index contributed by atoms with van der Waals surface area (Å²) in [5.41, 5.74) is 5.31. The highest BCUT2D eigenvalue weighted by molar-refractivity contribution is 5.78. The van der Waals surface area contributed by atoms with E-state index in [1.807, 2.05) is 34.7 Å². The molecular weight excluding hydrogens is 164 g/mol. The molecule has 1 atom stereocenters. The van der Waals surface area contributed by atoms with Crippen molar-refractivity contribution in [2.24, 2.45) is 11.7 Å². The van der Waals surface area contributed by atoms with Crippen molar-refractivity contribution >= 4 is 5.91 Å². The molecule has 2 N–H and O–H groups in total. The van der Waals surface area contributed by atoms with Gasteiger partial charge in [-0.3, -0.25) is 4.79 Å². The number of rotatable bonds is 3. The molecule has 0 aliphatic carbocycles. The summed E-state index contributed by atoms with van der Waals surface area (Å²) in [5, 5.41) is 0. The Hall–Kier alpha value is -0.570. The van der Waals surface area contributed by atoms with E-state index in [0.29, 0.717) is 6.54 Å². The first-order chi connectivity index (χ1) is 5.80. The minimum Gasteiger partial charge on any atom is -0.341 e. The van der Waals surface area contributed by atoms with E-state index in [1.54, 1.807) is 4.90 Å². The minimum atomic E-state index is -0.0973. The van der Waals surface area contributed by atoms with E-state index in [0.717, 1.165) is 6.42 Å². The van der Waals surface area contributed by atoms with Gasteiger partial charge in [0.15, 0.2) is 0 Å². The average Bonchev–Trinajstić information content (AvgIpc) is 2.00. The van der Waals surface area contributed by atoms with Crippen molar-refractivity contribution in [1.29, 1.82) is 0 Å². The van der Waals surface area contributed by atoms with E-state index in [1.165, 1.54) is 0 Å². The number of nitrogens with two attached hydrogens (primary N) is 1. The smallest absolute Gasteiger partial charge is 0.225 e. The molecule has 0 spiro atoms. The Balaban J connectivity index is 4.26. The Morgan fingerprint density at radius 1 is 1.46 bits per heavy atom. The van der Waals surface area contributed by atoms with Gasteiger partial charge in [0.1, 0.15) is 0 Å². The maximum absolute atomic E-state index is 11.7. The topological polar surface area (TPSA) is 46.3 Å². The van der Waals surface area contributed by atoms with Gasteiger partial charge in [-0.1, -0.05) is 6.92 Å². The molecule has 3 nitrogen and oxygen atoms in total. The van der Waals surface area contributed by atoms with Crippen molar-refractivity contribution in [1.82, 2.24) is 4.90 Å². The zero-order chi connectivity index (χ0) is 10.6. The van der Waals surface area contributed by atoms with Crippen LogP contribution in [0.2, 0.25) is 0 Å². The standard InChI is InChI=1S/C10H22N2O/c1-8(6-7-11)9(13)12(5)10(2,3)4/h8H,6-7,11H2,1-5H3. The number of hydrogen-bond acceptors (Lipinski definition) is 2. The Morgan fingerprint density at radius 2 is 1.92 bits per heavy atom. The maximum atomic E-state index is 11.7. The van der Waals surface area contributed by atoms with E-state index in [9.17, 15) is 4.79 Å². The molecule has 3 heteroatoms. The van der Waals surface area contributed by atoms with Crippen LogP contribution >= 0.6 is 0 Å². The van der Waals surface area contributed by atoms with Crippen LogP contribution in [0, 0.1) is 5.92 Å². The van der Waals surface area contributed by atoms with Crippen LogP contribution in [0.1, 0.15) is 34.1 Å². The first-order valence-electron chi connectivity index (χ1n) is 4.78. The highest BCUT2D eigenvalue weighted by atomic mass is 16.2. The zero-order valence-electron chi connectivity index (χ0n) is 9.42. The molecule has 13 heavy (non-hydrogen) atoms.